The largest absolute Gasteiger partial charge is 0.268 e. The second kappa shape index (κ2) is 9.57. The molecule has 0 saturated heterocycles. The average Bonchev–Trinajstić information content (AvgIpc) is 3.07. The molecule has 8 rings (SSSR count). The molecular weight excluding hydrogens is 556 g/mol. The van der Waals surface area contributed by atoms with Gasteiger partial charge in [0.05, 0.1) is 28.3 Å². The number of nitrogens with zero attached hydrogens (tertiary/aromatic N) is 6. The summed E-state index contributed by atoms with van der Waals surface area (Å²) in [7, 11) is 0. The highest BCUT2D eigenvalue weighted by Gasteiger charge is 2.42. The van der Waals surface area contributed by atoms with Crippen molar-refractivity contribution in [2.75, 3.05) is 9.80 Å². The molecule has 0 aliphatic carbocycles. The third-order valence-corrected chi connectivity index (χ3v) is 7.84. The highest BCUT2D eigenvalue weighted by atomic mass is 16.2. The third kappa shape index (κ3) is 3.61. The van der Waals surface area contributed by atoms with E-state index in [1.165, 1.54) is 30.9 Å². The first-order valence-corrected chi connectivity index (χ1v) is 13.6. The van der Waals surface area contributed by atoms with E-state index in [1.54, 1.807) is 60.9 Å². The van der Waals surface area contributed by atoms with Gasteiger partial charge in [-0.2, -0.15) is 0 Å². The molecule has 10 nitrogen and oxygen atoms in total. The number of hydrogen-bond donors (Lipinski definition) is 0. The van der Waals surface area contributed by atoms with E-state index in [4.69, 9.17) is 0 Å². The minimum Gasteiger partial charge on any atom is -0.268 e. The number of imide groups is 2. The van der Waals surface area contributed by atoms with E-state index in [0.29, 0.717) is 33.9 Å². The van der Waals surface area contributed by atoms with Gasteiger partial charge in [0.15, 0.2) is 0 Å². The Kier molecular flexibility index (Phi) is 5.50. The number of aromatic nitrogens is 4. The second-order valence-corrected chi connectivity index (χ2v) is 10.2. The molecule has 2 aliphatic heterocycles. The SMILES string of the molecule is O=C1c2ccc3c4c(c(-c5ccc(-c6ccccn6)nc5)cc(c24)C(=O)N1c1ccncc1)C(=O)N(c1ccncc1)C3=O. The van der Waals surface area contributed by atoms with E-state index >= 15 is 0 Å². The normalized spacial score (nSPS) is 14.0. The summed E-state index contributed by atoms with van der Waals surface area (Å²) in [5, 5.41) is 0.538. The highest BCUT2D eigenvalue weighted by Crippen LogP contribution is 2.44. The molecule has 0 atom stereocenters. The van der Waals surface area contributed by atoms with E-state index < -0.39 is 23.6 Å². The first kappa shape index (κ1) is 25.3. The number of carbonyl (C=O) groups excluding carboxylic acids is 4. The van der Waals surface area contributed by atoms with Crippen LogP contribution in [-0.2, 0) is 0 Å². The van der Waals surface area contributed by atoms with Gasteiger partial charge in [0.25, 0.3) is 23.6 Å². The zero-order valence-corrected chi connectivity index (χ0v) is 22.7. The summed E-state index contributed by atoms with van der Waals surface area (Å²) in [6, 6.07) is 20.1. The van der Waals surface area contributed by atoms with Crippen LogP contribution < -0.4 is 9.80 Å². The monoisotopic (exact) mass is 574 g/mol. The molecule has 6 heterocycles. The first-order valence-electron chi connectivity index (χ1n) is 13.6. The average molecular weight is 575 g/mol. The molecule has 0 unspecified atom stereocenters. The molecular formula is C34H18N6O4. The lowest BCUT2D eigenvalue weighted by Crippen LogP contribution is -2.43. The summed E-state index contributed by atoms with van der Waals surface area (Å²) in [6.45, 7) is 0. The van der Waals surface area contributed by atoms with Crippen molar-refractivity contribution in [2.24, 2.45) is 0 Å². The summed E-state index contributed by atoms with van der Waals surface area (Å²) in [5.74, 6) is -2.29. The van der Waals surface area contributed by atoms with Crippen LogP contribution in [0.3, 0.4) is 0 Å². The third-order valence-electron chi connectivity index (χ3n) is 7.84. The Morgan fingerprint density at radius 3 is 1.66 bits per heavy atom. The van der Waals surface area contributed by atoms with E-state index in [2.05, 4.69) is 19.9 Å². The van der Waals surface area contributed by atoms with Gasteiger partial charge in [-0.15, -0.1) is 0 Å². The standard InChI is InChI=1S/C34H18N6O4/c41-31-22-5-6-23-29-28(22)25(33(43)39(31)20-8-13-35-14-9-20)17-24(19-4-7-27(38-18-19)26-3-1-2-12-37-26)30(29)34(44)40(32(23)42)21-10-15-36-16-11-21/h1-18H. The molecule has 44 heavy (non-hydrogen) atoms. The molecule has 2 aromatic carbocycles. The van der Waals surface area contributed by atoms with Gasteiger partial charge >= 0.3 is 0 Å². The molecule has 0 bridgehead atoms. The number of anilines is 2. The number of benzene rings is 2. The smallest absolute Gasteiger partial charge is 0.266 e. The van der Waals surface area contributed by atoms with E-state index in [0.717, 1.165) is 9.80 Å². The Morgan fingerprint density at radius 2 is 1.07 bits per heavy atom. The molecule has 0 spiro atoms. The molecule has 4 aromatic heterocycles. The van der Waals surface area contributed by atoms with Crippen molar-refractivity contribution < 1.29 is 19.2 Å². The Balaban J connectivity index is 1.41. The van der Waals surface area contributed by atoms with E-state index in [9.17, 15) is 19.2 Å². The summed E-state index contributed by atoms with van der Waals surface area (Å²) in [6.07, 6.45) is 9.27. The molecule has 0 saturated carbocycles. The highest BCUT2D eigenvalue weighted by molar-refractivity contribution is 6.43. The summed E-state index contributed by atoms with van der Waals surface area (Å²) in [5.41, 5.74) is 3.76. The van der Waals surface area contributed by atoms with Crippen LogP contribution in [0.25, 0.3) is 33.3 Å². The lowest BCUT2D eigenvalue weighted by atomic mass is 9.82. The fourth-order valence-corrected chi connectivity index (χ4v) is 5.87. The number of amides is 4. The van der Waals surface area contributed by atoms with Crippen LogP contribution in [0.4, 0.5) is 11.4 Å². The Bertz CT molecular complexity index is 2190. The van der Waals surface area contributed by atoms with Crippen molar-refractivity contribution in [3.63, 3.8) is 0 Å². The maximum Gasteiger partial charge on any atom is 0.266 e. The van der Waals surface area contributed by atoms with Crippen LogP contribution in [0.2, 0.25) is 0 Å². The van der Waals surface area contributed by atoms with Crippen molar-refractivity contribution >= 4 is 45.8 Å². The predicted molar refractivity (Wildman–Crippen MR) is 161 cm³/mol. The number of pyridine rings is 4. The molecule has 0 N–H and O–H groups in total. The van der Waals surface area contributed by atoms with Gasteiger partial charge in [0, 0.05) is 70.2 Å². The molecule has 208 valence electrons. The zero-order chi connectivity index (χ0) is 29.9. The topological polar surface area (TPSA) is 126 Å². The van der Waals surface area contributed by atoms with E-state index in [1.807, 2.05) is 18.2 Å². The molecule has 0 radical (unpaired) electrons. The zero-order valence-electron chi connectivity index (χ0n) is 22.7. The summed E-state index contributed by atoms with van der Waals surface area (Å²) < 4.78 is 0. The van der Waals surface area contributed by atoms with E-state index in [-0.39, 0.29) is 33.0 Å². The van der Waals surface area contributed by atoms with Crippen molar-refractivity contribution in [2.45, 2.75) is 0 Å². The fourth-order valence-electron chi connectivity index (χ4n) is 5.87. The molecule has 6 aromatic rings. The lowest BCUT2D eigenvalue weighted by Gasteiger charge is -2.33. The molecule has 0 fully saturated rings. The quantitative estimate of drug-likeness (QED) is 0.258. The second-order valence-electron chi connectivity index (χ2n) is 10.2. The van der Waals surface area contributed by atoms with Crippen molar-refractivity contribution in [1.29, 1.82) is 0 Å². The van der Waals surface area contributed by atoms with Crippen LogP contribution >= 0.6 is 0 Å². The van der Waals surface area contributed by atoms with Crippen molar-refractivity contribution in [3.05, 3.63) is 132 Å². The minimum atomic E-state index is -0.585. The maximum atomic E-state index is 14.3. The van der Waals surface area contributed by atoms with Crippen LogP contribution in [0.5, 0.6) is 0 Å². The van der Waals surface area contributed by atoms with Crippen LogP contribution in [0.1, 0.15) is 41.4 Å². The number of rotatable bonds is 4. The summed E-state index contributed by atoms with van der Waals surface area (Å²) in [4.78, 5) is 75.3. The van der Waals surface area contributed by atoms with Crippen LogP contribution in [0, 0.1) is 0 Å². The number of carbonyl (C=O) groups is 4. The minimum absolute atomic E-state index is 0.193. The lowest BCUT2D eigenvalue weighted by molar-refractivity contribution is 0.0873. The Labute approximate surface area is 249 Å². The van der Waals surface area contributed by atoms with Gasteiger partial charge in [-0.3, -0.25) is 39.1 Å². The van der Waals surface area contributed by atoms with Gasteiger partial charge < -0.3 is 0 Å². The predicted octanol–water partition coefficient (Wildman–Crippen LogP) is 5.36. The molecule has 4 amide bonds. The fraction of sp³-hybridized carbons (Fsp3) is 0. The molecule has 10 heteroatoms. The number of hydrogen-bond acceptors (Lipinski definition) is 8. The maximum absolute atomic E-state index is 14.3. The Hall–Kier alpha value is -6.42. The van der Waals surface area contributed by atoms with Gasteiger partial charge in [0.1, 0.15) is 0 Å². The Morgan fingerprint density at radius 1 is 0.477 bits per heavy atom. The first-order chi connectivity index (χ1) is 21.5. The van der Waals surface area contributed by atoms with Crippen molar-refractivity contribution in [1.82, 2.24) is 19.9 Å². The van der Waals surface area contributed by atoms with Crippen LogP contribution in [0.15, 0.2) is 110 Å². The van der Waals surface area contributed by atoms with Crippen LogP contribution in [-0.4, -0.2) is 43.6 Å². The van der Waals surface area contributed by atoms with Gasteiger partial charge in [-0.05, 0) is 66.2 Å². The van der Waals surface area contributed by atoms with Crippen molar-refractivity contribution in [3.8, 4) is 22.5 Å². The van der Waals surface area contributed by atoms with Gasteiger partial charge in [-0.25, -0.2) is 9.80 Å². The van der Waals surface area contributed by atoms with Gasteiger partial charge in [-0.1, -0.05) is 12.1 Å². The molecule has 2 aliphatic rings. The van der Waals surface area contributed by atoms with Gasteiger partial charge in [0.2, 0.25) is 0 Å². The summed E-state index contributed by atoms with van der Waals surface area (Å²) >= 11 is 0.